The first-order valence-corrected chi connectivity index (χ1v) is 6.06. The number of carbonyl (C=O) groups is 1. The van der Waals surface area contributed by atoms with Gasteiger partial charge in [-0.1, -0.05) is 18.5 Å². The lowest BCUT2D eigenvalue weighted by Crippen LogP contribution is -2.05. The average Bonchev–Trinajstić information content (AvgIpc) is 2.15. The minimum atomic E-state index is -1.10. The maximum atomic E-state index is 11.0. The van der Waals surface area contributed by atoms with E-state index in [4.69, 9.17) is 22.4 Å². The van der Waals surface area contributed by atoms with E-state index in [0.717, 1.165) is 0 Å². The number of halogens is 3. The Kier molecular flexibility index (Phi) is 4.03. The number of nitrogens with two attached hydrogens (primary N) is 1. The Morgan fingerprint density at radius 2 is 2.00 bits per heavy atom. The van der Waals surface area contributed by atoms with Gasteiger partial charge < -0.3 is 10.8 Å². The molecule has 0 aliphatic carbocycles. The molecule has 0 aliphatic rings. The van der Waals surface area contributed by atoms with Crippen molar-refractivity contribution in [3.05, 3.63) is 25.1 Å². The first-order valence-electron chi connectivity index (χ1n) is 4.09. The first kappa shape index (κ1) is 12.8. The van der Waals surface area contributed by atoms with Crippen molar-refractivity contribution in [2.45, 2.75) is 13.3 Å². The second-order valence-electron chi connectivity index (χ2n) is 2.87. The summed E-state index contributed by atoms with van der Waals surface area (Å²) in [5.74, 6) is -1.10. The van der Waals surface area contributed by atoms with Crippen LogP contribution in [0.1, 0.15) is 22.8 Å². The molecule has 0 heterocycles. The fourth-order valence-corrected chi connectivity index (χ4v) is 3.38. The van der Waals surface area contributed by atoms with E-state index in [1.165, 1.54) is 0 Å². The highest BCUT2D eigenvalue weighted by molar-refractivity contribution is 9.11. The van der Waals surface area contributed by atoms with E-state index in [9.17, 15) is 4.79 Å². The molecule has 0 bridgehead atoms. The summed E-state index contributed by atoms with van der Waals surface area (Å²) in [5, 5.41) is 9.22. The summed E-state index contributed by atoms with van der Waals surface area (Å²) in [5.41, 5.74) is 6.82. The minimum Gasteiger partial charge on any atom is -0.478 e. The molecule has 0 spiro atoms. The quantitative estimate of drug-likeness (QED) is 0.793. The van der Waals surface area contributed by atoms with Crippen molar-refractivity contribution < 1.29 is 9.90 Å². The van der Waals surface area contributed by atoms with Gasteiger partial charge in [0.1, 0.15) is 0 Å². The molecular weight excluding hydrogens is 349 g/mol. The highest BCUT2D eigenvalue weighted by atomic mass is 79.9. The third-order valence-corrected chi connectivity index (χ3v) is 4.16. The summed E-state index contributed by atoms with van der Waals surface area (Å²) >= 11 is 12.4. The van der Waals surface area contributed by atoms with E-state index in [1.54, 1.807) is 0 Å². The summed E-state index contributed by atoms with van der Waals surface area (Å²) in [6.45, 7) is 1.88. The predicted octanol–water partition coefficient (Wildman–Crippen LogP) is 3.71. The van der Waals surface area contributed by atoms with Gasteiger partial charge in [-0.15, -0.1) is 0 Å². The largest absolute Gasteiger partial charge is 0.478 e. The average molecular weight is 357 g/mol. The van der Waals surface area contributed by atoms with Crippen molar-refractivity contribution in [3.63, 3.8) is 0 Å². The summed E-state index contributed by atoms with van der Waals surface area (Å²) in [6.07, 6.45) is 0.608. The lowest BCUT2D eigenvalue weighted by Gasteiger charge is -2.13. The molecule has 0 radical (unpaired) electrons. The van der Waals surface area contributed by atoms with Crippen LogP contribution in [-0.4, -0.2) is 11.1 Å². The molecule has 0 fully saturated rings. The van der Waals surface area contributed by atoms with Crippen LogP contribution in [0.3, 0.4) is 0 Å². The van der Waals surface area contributed by atoms with Crippen LogP contribution in [0.25, 0.3) is 0 Å². The third-order valence-electron chi connectivity index (χ3n) is 2.01. The standard InChI is InChI=1S/C9H8Br2ClNO2/c1-2-3-5(10)8(13)6(11)4(7(3)12)9(14)15/h2,13H2,1H3,(H,14,15). The molecule has 0 aliphatic heterocycles. The molecule has 1 rings (SSSR count). The molecule has 82 valence electrons. The number of nitrogen functional groups attached to an aromatic ring is 1. The number of carboxylic acids is 1. The molecule has 0 atom stereocenters. The number of anilines is 1. The van der Waals surface area contributed by atoms with Crippen LogP contribution >= 0.6 is 43.5 Å². The molecule has 0 unspecified atom stereocenters. The normalized spacial score (nSPS) is 10.4. The molecule has 1 aromatic rings. The molecular formula is C9H8Br2ClNO2. The van der Waals surface area contributed by atoms with Gasteiger partial charge in [-0.2, -0.15) is 0 Å². The summed E-state index contributed by atoms with van der Waals surface area (Å²) < 4.78 is 0.955. The summed E-state index contributed by atoms with van der Waals surface area (Å²) in [4.78, 5) is 11.0. The summed E-state index contributed by atoms with van der Waals surface area (Å²) in [6, 6.07) is 0. The number of hydrogen-bond acceptors (Lipinski definition) is 2. The SMILES string of the molecule is CCc1c(Cl)c(C(=O)O)c(Br)c(N)c1Br. The maximum Gasteiger partial charge on any atom is 0.338 e. The molecule has 15 heavy (non-hydrogen) atoms. The van der Waals surface area contributed by atoms with E-state index in [2.05, 4.69) is 31.9 Å². The Hall–Kier alpha value is -0.260. The van der Waals surface area contributed by atoms with Crippen molar-refractivity contribution in [3.8, 4) is 0 Å². The number of rotatable bonds is 2. The molecule has 6 heteroatoms. The second kappa shape index (κ2) is 4.72. The third kappa shape index (κ3) is 2.14. The zero-order chi connectivity index (χ0) is 11.7. The molecule has 3 N–H and O–H groups in total. The van der Waals surface area contributed by atoms with Crippen LogP contribution < -0.4 is 5.73 Å². The van der Waals surface area contributed by atoms with Gasteiger partial charge in [-0.3, -0.25) is 0 Å². The Bertz CT molecular complexity index is 435. The van der Waals surface area contributed by atoms with Crippen molar-refractivity contribution in [2.75, 3.05) is 5.73 Å². The van der Waals surface area contributed by atoms with Gasteiger partial charge in [-0.25, -0.2) is 4.79 Å². The number of aromatic carboxylic acids is 1. The van der Waals surface area contributed by atoms with Crippen LogP contribution in [-0.2, 0) is 6.42 Å². The number of hydrogen-bond donors (Lipinski definition) is 2. The summed E-state index contributed by atoms with van der Waals surface area (Å²) in [7, 11) is 0. The van der Waals surface area contributed by atoms with Crippen LogP contribution in [0.15, 0.2) is 8.95 Å². The molecule has 0 amide bonds. The lowest BCUT2D eigenvalue weighted by molar-refractivity contribution is 0.0696. The van der Waals surface area contributed by atoms with Crippen molar-refractivity contribution >= 4 is 55.1 Å². The zero-order valence-corrected chi connectivity index (χ0v) is 11.7. The van der Waals surface area contributed by atoms with Crippen LogP contribution in [0, 0.1) is 0 Å². The fraction of sp³-hybridized carbons (Fsp3) is 0.222. The molecule has 1 aromatic carbocycles. The van der Waals surface area contributed by atoms with E-state index in [-0.39, 0.29) is 10.6 Å². The minimum absolute atomic E-state index is 0.00853. The van der Waals surface area contributed by atoms with Gasteiger partial charge >= 0.3 is 5.97 Å². The smallest absolute Gasteiger partial charge is 0.338 e. The van der Waals surface area contributed by atoms with Crippen LogP contribution in [0.5, 0.6) is 0 Å². The van der Waals surface area contributed by atoms with E-state index >= 15 is 0 Å². The van der Waals surface area contributed by atoms with Gasteiger partial charge in [-0.05, 0) is 43.8 Å². The molecule has 0 aromatic heterocycles. The lowest BCUT2D eigenvalue weighted by atomic mass is 10.1. The van der Waals surface area contributed by atoms with Crippen LogP contribution in [0.2, 0.25) is 5.02 Å². The van der Waals surface area contributed by atoms with Gasteiger partial charge in [0, 0.05) is 4.47 Å². The van der Waals surface area contributed by atoms with Gasteiger partial charge in [0.05, 0.1) is 20.7 Å². The Morgan fingerprint density at radius 1 is 1.47 bits per heavy atom. The fourth-order valence-electron chi connectivity index (χ4n) is 1.24. The Balaban J connectivity index is 3.68. The van der Waals surface area contributed by atoms with Gasteiger partial charge in [0.15, 0.2) is 0 Å². The van der Waals surface area contributed by atoms with Crippen molar-refractivity contribution in [1.29, 1.82) is 0 Å². The van der Waals surface area contributed by atoms with Gasteiger partial charge in [0.25, 0.3) is 0 Å². The maximum absolute atomic E-state index is 11.0. The van der Waals surface area contributed by atoms with Crippen molar-refractivity contribution in [1.82, 2.24) is 0 Å². The van der Waals surface area contributed by atoms with E-state index < -0.39 is 5.97 Å². The first-order chi connectivity index (χ1) is 6.91. The molecule has 3 nitrogen and oxygen atoms in total. The highest BCUT2D eigenvalue weighted by Crippen LogP contribution is 2.40. The number of benzene rings is 1. The number of carboxylic acid groups (broad SMARTS) is 1. The topological polar surface area (TPSA) is 63.3 Å². The van der Waals surface area contributed by atoms with E-state index in [0.29, 0.717) is 26.6 Å². The predicted molar refractivity (Wildman–Crippen MR) is 67.6 cm³/mol. The molecule has 0 saturated heterocycles. The monoisotopic (exact) mass is 355 g/mol. The second-order valence-corrected chi connectivity index (χ2v) is 4.83. The Labute approximate surface area is 109 Å². The highest BCUT2D eigenvalue weighted by Gasteiger charge is 2.22. The zero-order valence-electron chi connectivity index (χ0n) is 7.77. The van der Waals surface area contributed by atoms with Crippen LogP contribution in [0.4, 0.5) is 5.69 Å². The van der Waals surface area contributed by atoms with Crippen molar-refractivity contribution in [2.24, 2.45) is 0 Å². The van der Waals surface area contributed by atoms with Gasteiger partial charge in [0.2, 0.25) is 0 Å². The Morgan fingerprint density at radius 3 is 2.40 bits per heavy atom. The van der Waals surface area contributed by atoms with E-state index in [1.807, 2.05) is 6.92 Å². The molecule has 0 saturated carbocycles.